The minimum atomic E-state index is -3.85. The minimum Gasteiger partial charge on any atom is -0.494 e. The summed E-state index contributed by atoms with van der Waals surface area (Å²) in [6, 6.07) is 11.2. The van der Waals surface area contributed by atoms with Gasteiger partial charge in [-0.1, -0.05) is 48.5 Å². The third-order valence-corrected chi connectivity index (χ3v) is 8.01. The molecule has 1 saturated carbocycles. The number of amides is 1. The first-order valence-electron chi connectivity index (χ1n) is 10.8. The number of benzene rings is 2. The number of nitrogens with zero attached hydrogens (tertiary/aromatic N) is 1. The van der Waals surface area contributed by atoms with Gasteiger partial charge in [-0.3, -0.25) is 4.79 Å². The first-order chi connectivity index (χ1) is 15.3. The van der Waals surface area contributed by atoms with Crippen LogP contribution >= 0.6 is 23.2 Å². The van der Waals surface area contributed by atoms with Crippen LogP contribution in [0.4, 0.5) is 0 Å². The summed E-state index contributed by atoms with van der Waals surface area (Å²) in [5, 5.41) is 3.74. The highest BCUT2D eigenvalue weighted by Crippen LogP contribution is 2.28. The average molecular weight is 499 g/mol. The van der Waals surface area contributed by atoms with E-state index in [2.05, 4.69) is 5.32 Å². The van der Waals surface area contributed by atoms with Crippen LogP contribution in [-0.2, 0) is 21.4 Å². The van der Waals surface area contributed by atoms with Crippen molar-refractivity contribution in [1.29, 1.82) is 0 Å². The molecule has 6 nitrogen and oxygen atoms in total. The zero-order valence-electron chi connectivity index (χ0n) is 18.0. The van der Waals surface area contributed by atoms with Crippen molar-refractivity contribution in [3.63, 3.8) is 0 Å². The number of hydrogen-bond acceptors (Lipinski definition) is 4. The van der Waals surface area contributed by atoms with Crippen LogP contribution in [0.3, 0.4) is 0 Å². The van der Waals surface area contributed by atoms with Crippen molar-refractivity contribution in [2.45, 2.75) is 56.5 Å². The van der Waals surface area contributed by atoms with Gasteiger partial charge in [0, 0.05) is 22.6 Å². The highest BCUT2D eigenvalue weighted by molar-refractivity contribution is 7.89. The van der Waals surface area contributed by atoms with Gasteiger partial charge in [0.05, 0.1) is 18.0 Å². The zero-order chi connectivity index (χ0) is 23.1. The molecule has 32 heavy (non-hydrogen) atoms. The molecule has 1 N–H and O–H groups in total. The molecule has 0 aliphatic heterocycles. The van der Waals surface area contributed by atoms with Crippen molar-refractivity contribution in [2.75, 3.05) is 13.2 Å². The number of ether oxygens (including phenoxy) is 1. The summed E-state index contributed by atoms with van der Waals surface area (Å²) in [5.74, 6) is 0.226. The molecule has 0 spiro atoms. The van der Waals surface area contributed by atoms with E-state index < -0.39 is 10.0 Å². The van der Waals surface area contributed by atoms with Gasteiger partial charge >= 0.3 is 0 Å². The van der Waals surface area contributed by atoms with Crippen molar-refractivity contribution in [3.8, 4) is 5.75 Å². The van der Waals surface area contributed by atoms with E-state index in [4.69, 9.17) is 27.9 Å². The second-order valence-electron chi connectivity index (χ2n) is 7.76. The maximum absolute atomic E-state index is 13.5. The molecule has 174 valence electrons. The Labute approximate surface area is 199 Å². The van der Waals surface area contributed by atoms with Gasteiger partial charge in [-0.05, 0) is 61.7 Å². The predicted molar refractivity (Wildman–Crippen MR) is 127 cm³/mol. The number of carbonyl (C=O) groups excluding carboxylic acids is 1. The van der Waals surface area contributed by atoms with E-state index in [0.717, 1.165) is 32.1 Å². The Morgan fingerprint density at radius 2 is 1.78 bits per heavy atom. The molecule has 0 heterocycles. The van der Waals surface area contributed by atoms with Gasteiger partial charge in [0.25, 0.3) is 0 Å². The SMILES string of the molecule is CCOc1ccc(S(=O)(=O)N(CC(=O)NCc2ccc(Cl)cc2Cl)C2CCCCC2)cc1. The smallest absolute Gasteiger partial charge is 0.243 e. The number of rotatable bonds is 9. The van der Waals surface area contributed by atoms with Gasteiger partial charge in [-0.2, -0.15) is 4.31 Å². The second kappa shape index (κ2) is 11.4. The van der Waals surface area contributed by atoms with Crippen LogP contribution in [0.1, 0.15) is 44.6 Å². The highest BCUT2D eigenvalue weighted by atomic mass is 35.5. The molecule has 0 bridgehead atoms. The average Bonchev–Trinajstić information content (AvgIpc) is 2.78. The first-order valence-corrected chi connectivity index (χ1v) is 13.0. The van der Waals surface area contributed by atoms with Crippen LogP contribution in [0.15, 0.2) is 47.4 Å². The molecular formula is C23H28Cl2N2O4S. The van der Waals surface area contributed by atoms with Gasteiger partial charge in [-0.25, -0.2) is 8.42 Å². The summed E-state index contributed by atoms with van der Waals surface area (Å²) in [5.41, 5.74) is 0.711. The van der Waals surface area contributed by atoms with Crippen LogP contribution in [0.25, 0.3) is 0 Å². The van der Waals surface area contributed by atoms with E-state index in [9.17, 15) is 13.2 Å². The molecule has 0 aromatic heterocycles. The fourth-order valence-corrected chi connectivity index (χ4v) is 5.96. The molecule has 0 saturated heterocycles. The lowest BCUT2D eigenvalue weighted by molar-refractivity contribution is -0.121. The van der Waals surface area contributed by atoms with E-state index in [0.29, 0.717) is 28.0 Å². The quantitative estimate of drug-likeness (QED) is 0.525. The lowest BCUT2D eigenvalue weighted by atomic mass is 9.95. The Hall–Kier alpha value is -1.80. The van der Waals surface area contributed by atoms with E-state index in [-0.39, 0.29) is 29.9 Å². The van der Waals surface area contributed by atoms with Gasteiger partial charge in [0.15, 0.2) is 0 Å². The Bertz CT molecular complexity index is 1020. The Kier molecular flexibility index (Phi) is 8.82. The zero-order valence-corrected chi connectivity index (χ0v) is 20.3. The monoisotopic (exact) mass is 498 g/mol. The molecule has 2 aromatic carbocycles. The topological polar surface area (TPSA) is 75.7 Å². The number of nitrogens with one attached hydrogen (secondary N) is 1. The molecule has 1 amide bonds. The summed E-state index contributed by atoms with van der Waals surface area (Å²) < 4.78 is 33.7. The van der Waals surface area contributed by atoms with Crippen molar-refractivity contribution in [1.82, 2.24) is 9.62 Å². The second-order valence-corrected chi connectivity index (χ2v) is 10.5. The number of sulfonamides is 1. The molecule has 1 fully saturated rings. The van der Waals surface area contributed by atoms with Crippen LogP contribution in [0, 0.1) is 0 Å². The van der Waals surface area contributed by atoms with Crippen LogP contribution in [0.5, 0.6) is 5.75 Å². The maximum atomic E-state index is 13.5. The van der Waals surface area contributed by atoms with Crippen molar-refractivity contribution in [2.24, 2.45) is 0 Å². The summed E-state index contributed by atoms with van der Waals surface area (Å²) in [7, 11) is -3.85. The van der Waals surface area contributed by atoms with Gasteiger partial charge in [-0.15, -0.1) is 0 Å². The molecule has 0 radical (unpaired) electrons. The van der Waals surface area contributed by atoms with Crippen molar-refractivity contribution in [3.05, 3.63) is 58.1 Å². The Morgan fingerprint density at radius 3 is 2.41 bits per heavy atom. The molecule has 1 aliphatic rings. The van der Waals surface area contributed by atoms with E-state index in [1.165, 1.54) is 16.4 Å². The van der Waals surface area contributed by atoms with Crippen molar-refractivity contribution < 1.29 is 17.9 Å². The summed E-state index contributed by atoms with van der Waals surface area (Å²) in [6.07, 6.45) is 4.46. The number of carbonyl (C=O) groups is 1. The first kappa shape index (κ1) is 24.8. The molecule has 2 aromatic rings. The maximum Gasteiger partial charge on any atom is 0.243 e. The molecule has 0 unspecified atom stereocenters. The van der Waals surface area contributed by atoms with Crippen LogP contribution in [-0.4, -0.2) is 37.8 Å². The van der Waals surface area contributed by atoms with Crippen molar-refractivity contribution >= 4 is 39.1 Å². The summed E-state index contributed by atoms with van der Waals surface area (Å²) >= 11 is 12.1. The largest absolute Gasteiger partial charge is 0.494 e. The van der Waals surface area contributed by atoms with E-state index in [1.807, 2.05) is 6.92 Å². The molecule has 3 rings (SSSR count). The summed E-state index contributed by atoms with van der Waals surface area (Å²) in [6.45, 7) is 2.31. The van der Waals surface area contributed by atoms with Gasteiger partial charge in [0.2, 0.25) is 15.9 Å². The Morgan fingerprint density at radius 1 is 1.09 bits per heavy atom. The van der Waals surface area contributed by atoms with E-state index in [1.54, 1.807) is 30.3 Å². The molecule has 9 heteroatoms. The van der Waals surface area contributed by atoms with Crippen LogP contribution < -0.4 is 10.1 Å². The molecular weight excluding hydrogens is 471 g/mol. The lowest BCUT2D eigenvalue weighted by Gasteiger charge is -2.33. The summed E-state index contributed by atoms with van der Waals surface area (Å²) in [4.78, 5) is 12.9. The molecule has 0 atom stereocenters. The standard InChI is InChI=1S/C23H28Cl2N2O4S/c1-2-31-20-10-12-21(13-11-20)32(29,30)27(19-6-4-3-5-7-19)16-23(28)26-15-17-8-9-18(24)14-22(17)25/h8-14,19H,2-7,15-16H2,1H3,(H,26,28). The fourth-order valence-electron chi connectivity index (χ4n) is 3.85. The normalized spacial score (nSPS) is 15.0. The highest BCUT2D eigenvalue weighted by Gasteiger charge is 2.34. The molecule has 1 aliphatic carbocycles. The third-order valence-electron chi connectivity index (χ3n) is 5.51. The Balaban J connectivity index is 1.76. The van der Waals surface area contributed by atoms with Crippen LogP contribution in [0.2, 0.25) is 10.0 Å². The number of halogens is 2. The fraction of sp³-hybridized carbons (Fsp3) is 0.435. The number of hydrogen-bond donors (Lipinski definition) is 1. The van der Waals surface area contributed by atoms with Gasteiger partial charge < -0.3 is 10.1 Å². The van der Waals surface area contributed by atoms with E-state index >= 15 is 0 Å². The lowest BCUT2D eigenvalue weighted by Crippen LogP contribution is -2.46. The third kappa shape index (κ3) is 6.38. The van der Waals surface area contributed by atoms with Gasteiger partial charge in [0.1, 0.15) is 5.75 Å². The minimum absolute atomic E-state index is 0.153. The predicted octanol–water partition coefficient (Wildman–Crippen LogP) is 5.03.